The van der Waals surface area contributed by atoms with Crippen LogP contribution < -0.4 is 10.6 Å². The minimum atomic E-state index is -0.356. The second-order valence-electron chi connectivity index (χ2n) is 5.89. The quantitative estimate of drug-likeness (QED) is 0.896. The van der Waals surface area contributed by atoms with E-state index in [0.717, 1.165) is 24.8 Å². The molecule has 0 radical (unpaired) electrons. The summed E-state index contributed by atoms with van der Waals surface area (Å²) < 4.78 is 1.71. The van der Waals surface area contributed by atoms with Crippen LogP contribution in [-0.2, 0) is 24.7 Å². The van der Waals surface area contributed by atoms with Gasteiger partial charge in [0.2, 0.25) is 5.91 Å². The Labute approximate surface area is 130 Å². The molecule has 2 N–H and O–H groups in total. The number of hydrogen-bond donors (Lipinski definition) is 2. The number of carbonyl (C=O) groups is 1. The molecular weight excluding hydrogens is 276 g/mol. The molecule has 1 amide bonds. The van der Waals surface area contributed by atoms with Crippen LogP contribution in [0.25, 0.3) is 0 Å². The molecule has 0 saturated heterocycles. The Morgan fingerprint density at radius 2 is 2.14 bits per heavy atom. The Morgan fingerprint density at radius 1 is 1.36 bits per heavy atom. The molecule has 0 aliphatic heterocycles. The van der Waals surface area contributed by atoms with Crippen LogP contribution >= 0.6 is 0 Å². The number of carbonyl (C=O) groups excluding carboxylic acids is 1. The maximum absolute atomic E-state index is 12.6. The maximum Gasteiger partial charge on any atom is 0.242 e. The molecule has 2 atom stereocenters. The van der Waals surface area contributed by atoms with Gasteiger partial charge >= 0.3 is 0 Å². The third-order valence-corrected chi connectivity index (χ3v) is 4.30. The van der Waals surface area contributed by atoms with Gasteiger partial charge in [0, 0.05) is 24.8 Å². The predicted molar refractivity (Wildman–Crippen MR) is 85.4 cm³/mol. The maximum atomic E-state index is 12.6. The van der Waals surface area contributed by atoms with Crippen LogP contribution in [0.4, 0.5) is 0 Å². The van der Waals surface area contributed by atoms with Gasteiger partial charge in [0.25, 0.3) is 0 Å². The van der Waals surface area contributed by atoms with Gasteiger partial charge in [0.15, 0.2) is 0 Å². The first-order chi connectivity index (χ1) is 10.7. The summed E-state index contributed by atoms with van der Waals surface area (Å²) in [5.41, 5.74) is 3.64. The van der Waals surface area contributed by atoms with Gasteiger partial charge in [0.1, 0.15) is 6.04 Å². The number of nitrogens with zero attached hydrogens (tertiary/aromatic N) is 2. The largest absolute Gasteiger partial charge is 0.351 e. The average molecular weight is 298 g/mol. The number of aryl methyl sites for hydroxylation is 2. The van der Waals surface area contributed by atoms with Crippen molar-refractivity contribution >= 4 is 5.91 Å². The third-order valence-electron chi connectivity index (χ3n) is 4.30. The monoisotopic (exact) mass is 298 g/mol. The molecule has 1 aliphatic carbocycles. The van der Waals surface area contributed by atoms with Gasteiger partial charge in [-0.25, -0.2) is 0 Å². The number of rotatable bonds is 4. The van der Waals surface area contributed by atoms with Crippen molar-refractivity contribution in [2.75, 3.05) is 7.05 Å². The molecule has 0 spiro atoms. The Kier molecular flexibility index (Phi) is 4.24. The highest BCUT2D eigenvalue weighted by atomic mass is 16.2. The Balaban J connectivity index is 1.67. The lowest BCUT2D eigenvalue weighted by Gasteiger charge is -2.27. The summed E-state index contributed by atoms with van der Waals surface area (Å²) in [4.78, 5) is 12.6. The molecule has 1 aromatic heterocycles. The van der Waals surface area contributed by atoms with Gasteiger partial charge in [-0.1, -0.05) is 24.3 Å². The van der Waals surface area contributed by atoms with Crippen LogP contribution in [0.2, 0.25) is 0 Å². The van der Waals surface area contributed by atoms with Crippen LogP contribution in [0.3, 0.4) is 0 Å². The van der Waals surface area contributed by atoms with Crippen LogP contribution in [0.15, 0.2) is 36.7 Å². The highest BCUT2D eigenvalue weighted by molar-refractivity contribution is 5.83. The molecule has 0 saturated carbocycles. The van der Waals surface area contributed by atoms with Gasteiger partial charge < -0.3 is 10.6 Å². The van der Waals surface area contributed by atoms with Crippen molar-refractivity contribution in [2.45, 2.75) is 31.3 Å². The molecule has 3 rings (SSSR count). The summed E-state index contributed by atoms with van der Waals surface area (Å²) >= 11 is 0. The summed E-state index contributed by atoms with van der Waals surface area (Å²) in [6.07, 6.45) is 6.53. The predicted octanol–water partition coefficient (Wildman–Crippen LogP) is 1.35. The molecule has 1 heterocycles. The van der Waals surface area contributed by atoms with E-state index in [4.69, 9.17) is 0 Å². The van der Waals surface area contributed by atoms with E-state index in [1.807, 2.05) is 13.2 Å². The first-order valence-corrected chi connectivity index (χ1v) is 7.70. The van der Waals surface area contributed by atoms with Gasteiger partial charge in [-0.15, -0.1) is 0 Å². The number of benzene rings is 1. The highest BCUT2D eigenvalue weighted by Gasteiger charge is 2.25. The van der Waals surface area contributed by atoms with E-state index in [0.29, 0.717) is 0 Å². The van der Waals surface area contributed by atoms with Crippen LogP contribution in [-0.4, -0.2) is 28.8 Å². The van der Waals surface area contributed by atoms with Gasteiger partial charge in [-0.3, -0.25) is 9.48 Å². The Morgan fingerprint density at radius 3 is 2.82 bits per heavy atom. The summed E-state index contributed by atoms with van der Waals surface area (Å²) in [7, 11) is 3.65. The van der Waals surface area contributed by atoms with Crippen molar-refractivity contribution in [1.82, 2.24) is 20.4 Å². The molecule has 116 valence electrons. The minimum Gasteiger partial charge on any atom is -0.351 e. The summed E-state index contributed by atoms with van der Waals surface area (Å²) in [6, 6.07) is 8.33. The van der Waals surface area contributed by atoms with Crippen molar-refractivity contribution < 1.29 is 4.79 Å². The Hall–Kier alpha value is -2.14. The molecule has 1 aliphatic rings. The first-order valence-electron chi connectivity index (χ1n) is 7.70. The van der Waals surface area contributed by atoms with E-state index < -0.39 is 0 Å². The lowest BCUT2D eigenvalue weighted by Crippen LogP contribution is -2.44. The van der Waals surface area contributed by atoms with Crippen molar-refractivity contribution in [3.63, 3.8) is 0 Å². The fraction of sp³-hybridized carbons (Fsp3) is 0.412. The van der Waals surface area contributed by atoms with Crippen molar-refractivity contribution in [2.24, 2.45) is 7.05 Å². The number of nitrogens with one attached hydrogen (secondary N) is 2. The molecule has 0 bridgehead atoms. The number of fused-ring (bicyclic) bond motifs is 1. The van der Waals surface area contributed by atoms with Crippen molar-refractivity contribution in [1.29, 1.82) is 0 Å². The van der Waals surface area contributed by atoms with Crippen LogP contribution in [0.1, 0.15) is 29.2 Å². The normalized spacial score (nSPS) is 18.5. The number of likely N-dealkylation sites (N-methyl/N-ethyl adjacent to an activating group) is 1. The number of aromatic nitrogens is 2. The van der Waals surface area contributed by atoms with Crippen LogP contribution in [0.5, 0.6) is 0 Å². The zero-order chi connectivity index (χ0) is 15.5. The molecule has 2 unspecified atom stereocenters. The smallest absolute Gasteiger partial charge is 0.242 e. The molecule has 5 nitrogen and oxygen atoms in total. The van der Waals surface area contributed by atoms with E-state index >= 15 is 0 Å². The molecular formula is C17H22N4O. The summed E-state index contributed by atoms with van der Waals surface area (Å²) in [5, 5.41) is 10.4. The summed E-state index contributed by atoms with van der Waals surface area (Å²) in [5.74, 6) is 0.0138. The average Bonchev–Trinajstić information content (AvgIpc) is 2.94. The third kappa shape index (κ3) is 3.04. The van der Waals surface area contributed by atoms with E-state index in [9.17, 15) is 4.79 Å². The van der Waals surface area contributed by atoms with E-state index in [2.05, 4.69) is 40.0 Å². The van der Waals surface area contributed by atoms with E-state index in [1.165, 1.54) is 11.1 Å². The van der Waals surface area contributed by atoms with Gasteiger partial charge in [0.05, 0.1) is 6.20 Å². The standard InChI is InChI=1S/C17H22N4O/c1-18-16(14-10-19-21(2)11-14)17(22)20-15-8-7-12-5-3-4-6-13(12)9-15/h3-6,10-11,15-16,18H,7-9H2,1-2H3,(H,20,22). The lowest BCUT2D eigenvalue weighted by atomic mass is 9.88. The molecule has 5 heteroatoms. The fourth-order valence-corrected chi connectivity index (χ4v) is 3.14. The molecule has 1 aromatic carbocycles. The van der Waals surface area contributed by atoms with Crippen LogP contribution in [0, 0.1) is 0 Å². The topological polar surface area (TPSA) is 59.0 Å². The van der Waals surface area contributed by atoms with Crippen molar-refractivity contribution in [3.05, 3.63) is 53.3 Å². The molecule has 0 fully saturated rings. The van der Waals surface area contributed by atoms with Crippen molar-refractivity contribution in [3.8, 4) is 0 Å². The van der Waals surface area contributed by atoms with Gasteiger partial charge in [-0.2, -0.15) is 5.10 Å². The first kappa shape index (κ1) is 14.8. The molecule has 2 aromatic rings. The Bertz CT molecular complexity index is 664. The van der Waals surface area contributed by atoms with Gasteiger partial charge in [-0.05, 0) is 37.4 Å². The number of hydrogen-bond acceptors (Lipinski definition) is 3. The second kappa shape index (κ2) is 6.32. The van der Waals surface area contributed by atoms with E-state index in [-0.39, 0.29) is 18.0 Å². The second-order valence-corrected chi connectivity index (χ2v) is 5.89. The minimum absolute atomic E-state index is 0.0138. The number of amides is 1. The lowest BCUT2D eigenvalue weighted by molar-refractivity contribution is -0.124. The zero-order valence-corrected chi connectivity index (χ0v) is 13.0. The molecule has 22 heavy (non-hydrogen) atoms. The fourth-order valence-electron chi connectivity index (χ4n) is 3.14. The highest BCUT2D eigenvalue weighted by Crippen LogP contribution is 2.22. The SMILES string of the molecule is CNC(C(=O)NC1CCc2ccccc2C1)c1cnn(C)c1. The zero-order valence-electron chi connectivity index (χ0n) is 13.0. The summed E-state index contributed by atoms with van der Waals surface area (Å²) in [6.45, 7) is 0. The van der Waals surface area contributed by atoms with E-state index in [1.54, 1.807) is 17.9 Å².